The predicted molar refractivity (Wildman–Crippen MR) is 132 cm³/mol. The fraction of sp³-hybridized carbons (Fsp3) is 0.240. The zero-order valence-corrected chi connectivity index (χ0v) is 19.8. The first-order chi connectivity index (χ1) is 17.0. The van der Waals surface area contributed by atoms with E-state index in [2.05, 4.69) is 26.7 Å². The molecule has 1 saturated heterocycles. The average Bonchev–Trinajstić information content (AvgIpc) is 3.33. The normalized spacial score (nSPS) is 17.0. The molecule has 0 spiro atoms. The minimum Gasteiger partial charge on any atom is -0.437 e. The van der Waals surface area contributed by atoms with Crippen LogP contribution in [0.1, 0.15) is 30.5 Å². The van der Waals surface area contributed by atoms with Crippen LogP contribution < -0.4 is 15.4 Å². The van der Waals surface area contributed by atoms with Crippen LogP contribution in [-0.4, -0.2) is 35.8 Å². The summed E-state index contributed by atoms with van der Waals surface area (Å²) in [6, 6.07) is 18.1. The van der Waals surface area contributed by atoms with Crippen LogP contribution in [0.2, 0.25) is 0 Å². The highest BCUT2D eigenvalue weighted by Gasteiger charge is 2.26. The molecule has 1 aromatic heterocycles. The Morgan fingerprint density at radius 2 is 1.94 bits per heavy atom. The molecule has 0 saturated carbocycles. The number of piperidine rings is 1. The van der Waals surface area contributed by atoms with E-state index in [-0.39, 0.29) is 10.5 Å². The van der Waals surface area contributed by atoms with Gasteiger partial charge in [-0.15, -0.1) is 0 Å². The van der Waals surface area contributed by atoms with Crippen molar-refractivity contribution in [2.45, 2.75) is 30.7 Å². The standard InChI is InChI=1S/C25H24N6O3S/c26-16-20(24-29-22-9-2-3-10-23(22)34-24)21-11-12-27-25(30-21)28-17-18-7-6-8-19(15-18)35(32,33)31-13-4-1-5-14-31/h2-3,6-12,15,29H,1,4-5,13-14,17H2,(H,27,28,30)/b24-20-. The van der Waals surface area contributed by atoms with E-state index in [0.29, 0.717) is 42.9 Å². The smallest absolute Gasteiger partial charge is 0.243 e. The fourth-order valence-corrected chi connectivity index (χ4v) is 5.68. The van der Waals surface area contributed by atoms with E-state index >= 15 is 0 Å². The summed E-state index contributed by atoms with van der Waals surface area (Å²) in [5, 5.41) is 16.0. The number of ether oxygens (including phenoxy) is 1. The predicted octanol–water partition coefficient (Wildman–Crippen LogP) is 3.96. The number of sulfonamides is 1. The Bertz CT molecular complexity index is 1400. The molecule has 2 aliphatic heterocycles. The molecule has 0 radical (unpaired) electrons. The summed E-state index contributed by atoms with van der Waals surface area (Å²) in [6.45, 7) is 1.45. The molecule has 0 aliphatic carbocycles. The summed E-state index contributed by atoms with van der Waals surface area (Å²) in [5.41, 5.74) is 2.22. The van der Waals surface area contributed by atoms with Gasteiger partial charge in [-0.1, -0.05) is 30.7 Å². The van der Waals surface area contributed by atoms with Crippen molar-refractivity contribution < 1.29 is 13.2 Å². The quantitative estimate of drug-likeness (QED) is 0.500. The topological polar surface area (TPSA) is 120 Å². The van der Waals surface area contributed by atoms with Crippen LogP contribution in [0, 0.1) is 11.3 Å². The van der Waals surface area contributed by atoms with E-state index in [4.69, 9.17) is 4.74 Å². The molecular weight excluding hydrogens is 464 g/mol. The SMILES string of the molecule is N#C/C(=C1\Nc2ccccc2O1)c1ccnc(NCc2cccc(S(=O)(=O)N3CCCCC3)c2)n1. The van der Waals surface area contributed by atoms with Gasteiger partial charge in [0.1, 0.15) is 11.6 Å². The Balaban J connectivity index is 1.32. The fourth-order valence-electron chi connectivity index (χ4n) is 4.09. The zero-order valence-electron chi connectivity index (χ0n) is 18.9. The van der Waals surface area contributed by atoms with Gasteiger partial charge in [-0.25, -0.2) is 18.4 Å². The third-order valence-electron chi connectivity index (χ3n) is 5.90. The Hall–Kier alpha value is -3.94. The number of anilines is 2. The van der Waals surface area contributed by atoms with Crippen molar-refractivity contribution in [2.24, 2.45) is 0 Å². The van der Waals surface area contributed by atoms with E-state index in [1.165, 1.54) is 0 Å². The van der Waals surface area contributed by atoms with Gasteiger partial charge in [0.05, 0.1) is 16.3 Å². The molecule has 178 valence electrons. The first-order valence-corrected chi connectivity index (χ1v) is 12.8. The molecule has 5 rings (SSSR count). The van der Waals surface area contributed by atoms with Gasteiger partial charge in [-0.3, -0.25) is 0 Å². The molecular formula is C25H24N6O3S. The van der Waals surface area contributed by atoms with E-state index < -0.39 is 10.0 Å². The second-order valence-corrected chi connectivity index (χ2v) is 10.2. The number of para-hydroxylation sites is 2. The summed E-state index contributed by atoms with van der Waals surface area (Å²) in [4.78, 5) is 8.99. The maximum absolute atomic E-state index is 13.0. The number of nitrogens with one attached hydrogen (secondary N) is 2. The summed E-state index contributed by atoms with van der Waals surface area (Å²) in [5.74, 6) is 1.27. The molecule has 3 aromatic rings. The van der Waals surface area contributed by atoms with Gasteiger partial charge in [0.15, 0.2) is 5.75 Å². The number of nitriles is 1. The Morgan fingerprint density at radius 1 is 1.11 bits per heavy atom. The van der Waals surface area contributed by atoms with Gasteiger partial charge < -0.3 is 15.4 Å². The van der Waals surface area contributed by atoms with Crippen molar-refractivity contribution in [3.63, 3.8) is 0 Å². The van der Waals surface area contributed by atoms with Crippen LogP contribution in [0.15, 0.2) is 71.6 Å². The summed E-state index contributed by atoms with van der Waals surface area (Å²) in [7, 11) is -3.51. The molecule has 1 fully saturated rings. The van der Waals surface area contributed by atoms with Crippen molar-refractivity contribution in [1.29, 1.82) is 5.26 Å². The monoisotopic (exact) mass is 488 g/mol. The van der Waals surface area contributed by atoms with Crippen molar-refractivity contribution in [1.82, 2.24) is 14.3 Å². The number of nitrogens with zero attached hydrogens (tertiary/aromatic N) is 4. The maximum atomic E-state index is 13.0. The van der Waals surface area contributed by atoms with Crippen molar-refractivity contribution in [3.05, 3.63) is 77.9 Å². The number of benzene rings is 2. The second kappa shape index (κ2) is 9.74. The van der Waals surface area contributed by atoms with Crippen LogP contribution in [0.5, 0.6) is 5.75 Å². The van der Waals surface area contributed by atoms with Crippen molar-refractivity contribution >= 4 is 27.2 Å². The Kier molecular flexibility index (Phi) is 6.35. The van der Waals surface area contributed by atoms with Gasteiger partial charge in [0, 0.05) is 25.8 Å². The number of allylic oxidation sites excluding steroid dienone is 1. The summed E-state index contributed by atoms with van der Waals surface area (Å²) < 4.78 is 33.3. The lowest BCUT2D eigenvalue weighted by Crippen LogP contribution is -2.35. The lowest BCUT2D eigenvalue weighted by Gasteiger charge is -2.26. The minimum absolute atomic E-state index is 0.251. The average molecular weight is 489 g/mol. The molecule has 10 heteroatoms. The van der Waals surface area contributed by atoms with Gasteiger partial charge in [-0.05, 0) is 48.7 Å². The summed E-state index contributed by atoms with van der Waals surface area (Å²) >= 11 is 0. The van der Waals surface area contributed by atoms with Crippen molar-refractivity contribution in [2.75, 3.05) is 23.7 Å². The summed E-state index contributed by atoms with van der Waals surface area (Å²) in [6.07, 6.45) is 4.40. The molecule has 0 atom stereocenters. The van der Waals surface area contributed by atoms with Crippen LogP contribution in [0.4, 0.5) is 11.6 Å². The number of fused-ring (bicyclic) bond motifs is 1. The molecule has 2 N–H and O–H groups in total. The molecule has 0 bridgehead atoms. The van der Waals surface area contributed by atoms with E-state index in [0.717, 1.165) is 30.5 Å². The maximum Gasteiger partial charge on any atom is 0.243 e. The minimum atomic E-state index is -3.51. The van der Waals surface area contributed by atoms with Crippen LogP contribution in [0.25, 0.3) is 5.57 Å². The van der Waals surface area contributed by atoms with E-state index in [1.807, 2.05) is 30.3 Å². The van der Waals surface area contributed by atoms with Crippen LogP contribution >= 0.6 is 0 Å². The van der Waals surface area contributed by atoms with E-state index in [1.54, 1.807) is 34.8 Å². The molecule has 2 aliphatic rings. The number of hydrogen-bond acceptors (Lipinski definition) is 8. The Morgan fingerprint density at radius 3 is 2.74 bits per heavy atom. The number of aromatic nitrogens is 2. The first-order valence-electron chi connectivity index (χ1n) is 11.4. The van der Waals surface area contributed by atoms with Gasteiger partial charge in [0.2, 0.25) is 21.9 Å². The van der Waals surface area contributed by atoms with Crippen LogP contribution in [0.3, 0.4) is 0 Å². The molecule has 0 unspecified atom stereocenters. The molecule has 3 heterocycles. The largest absolute Gasteiger partial charge is 0.437 e. The zero-order chi connectivity index (χ0) is 24.3. The van der Waals surface area contributed by atoms with Crippen molar-refractivity contribution in [3.8, 4) is 11.8 Å². The molecule has 9 nitrogen and oxygen atoms in total. The highest BCUT2D eigenvalue weighted by atomic mass is 32.2. The van der Waals surface area contributed by atoms with Crippen LogP contribution in [-0.2, 0) is 16.6 Å². The van der Waals surface area contributed by atoms with E-state index in [9.17, 15) is 13.7 Å². The highest BCUT2D eigenvalue weighted by molar-refractivity contribution is 7.89. The molecule has 2 aromatic carbocycles. The lowest BCUT2D eigenvalue weighted by molar-refractivity contribution is 0.346. The number of rotatable bonds is 6. The second-order valence-electron chi connectivity index (χ2n) is 8.27. The third kappa shape index (κ3) is 4.82. The highest BCUT2D eigenvalue weighted by Crippen LogP contribution is 2.35. The van der Waals surface area contributed by atoms with Gasteiger partial charge in [-0.2, -0.15) is 9.57 Å². The third-order valence-corrected chi connectivity index (χ3v) is 7.79. The molecule has 35 heavy (non-hydrogen) atoms. The first kappa shape index (κ1) is 22.8. The Labute approximate surface area is 204 Å². The van der Waals surface area contributed by atoms with Gasteiger partial charge >= 0.3 is 0 Å². The number of hydrogen-bond donors (Lipinski definition) is 2. The lowest BCUT2D eigenvalue weighted by atomic mass is 10.2. The van der Waals surface area contributed by atoms with Gasteiger partial charge in [0.25, 0.3) is 0 Å². The molecule has 0 amide bonds.